The van der Waals surface area contributed by atoms with Gasteiger partial charge in [-0.3, -0.25) is 9.69 Å². The van der Waals surface area contributed by atoms with Crippen molar-refractivity contribution in [1.82, 2.24) is 4.90 Å². The van der Waals surface area contributed by atoms with Crippen molar-refractivity contribution in [1.29, 1.82) is 0 Å². The van der Waals surface area contributed by atoms with E-state index >= 15 is 0 Å². The van der Waals surface area contributed by atoms with Gasteiger partial charge in [0.05, 0.1) is 35.9 Å². The van der Waals surface area contributed by atoms with Crippen LogP contribution >= 0.6 is 23.4 Å². The number of terminal acetylenes is 1. The third-order valence-electron chi connectivity index (χ3n) is 4.24. The molecular weight excluding hydrogens is 436 g/mol. The molecule has 0 atom stereocenters. The first-order valence-corrected chi connectivity index (χ1v) is 10.5. The number of para-hydroxylation sites is 1. The highest BCUT2D eigenvalue weighted by Gasteiger charge is 2.33. The number of amides is 1. The molecule has 1 heterocycles. The minimum absolute atomic E-state index is 0.0681. The summed E-state index contributed by atoms with van der Waals surface area (Å²) in [5.74, 6) is 3.04. The second-order valence-electron chi connectivity index (χ2n) is 6.32. The molecule has 1 amide bonds. The number of benzene rings is 2. The van der Waals surface area contributed by atoms with Gasteiger partial charge in [0.1, 0.15) is 6.61 Å². The predicted octanol–water partition coefficient (Wildman–Crippen LogP) is 4.61. The van der Waals surface area contributed by atoms with E-state index in [4.69, 9.17) is 32.2 Å². The Hall–Kier alpha value is -2.92. The molecular formula is C23H21ClN2O4S. The third-order valence-corrected chi connectivity index (χ3v) is 5.52. The van der Waals surface area contributed by atoms with Crippen molar-refractivity contribution in [2.24, 2.45) is 4.99 Å². The van der Waals surface area contributed by atoms with Crippen molar-refractivity contribution in [2.45, 2.75) is 0 Å². The molecule has 0 unspecified atom stereocenters. The SMILES string of the molecule is C#CCOc1c(Cl)cc(/C=C2/SC(=Nc3ccccc3)N(CCOC)C2=O)cc1OC. The summed E-state index contributed by atoms with van der Waals surface area (Å²) in [5.41, 5.74) is 1.46. The molecule has 1 aliphatic heterocycles. The zero-order chi connectivity index (χ0) is 22.2. The van der Waals surface area contributed by atoms with Crippen molar-refractivity contribution < 1.29 is 19.0 Å². The topological polar surface area (TPSA) is 60.4 Å². The van der Waals surface area contributed by atoms with E-state index in [0.717, 1.165) is 5.69 Å². The Morgan fingerprint density at radius 1 is 1.26 bits per heavy atom. The molecule has 8 heteroatoms. The van der Waals surface area contributed by atoms with Gasteiger partial charge in [0.25, 0.3) is 5.91 Å². The van der Waals surface area contributed by atoms with E-state index in [1.165, 1.54) is 18.9 Å². The lowest BCUT2D eigenvalue weighted by Crippen LogP contribution is -2.32. The third kappa shape index (κ3) is 5.61. The maximum atomic E-state index is 13.1. The number of hydrogen-bond donors (Lipinski definition) is 0. The van der Waals surface area contributed by atoms with E-state index in [9.17, 15) is 4.79 Å². The fraction of sp³-hybridized carbons (Fsp3) is 0.217. The lowest BCUT2D eigenvalue weighted by Gasteiger charge is -2.14. The summed E-state index contributed by atoms with van der Waals surface area (Å²) < 4.78 is 16.0. The van der Waals surface area contributed by atoms with Gasteiger partial charge in [0.15, 0.2) is 16.7 Å². The number of thioether (sulfide) groups is 1. The molecule has 0 bridgehead atoms. The van der Waals surface area contributed by atoms with E-state index in [0.29, 0.717) is 45.3 Å². The molecule has 6 nitrogen and oxygen atoms in total. The smallest absolute Gasteiger partial charge is 0.266 e. The van der Waals surface area contributed by atoms with Crippen LogP contribution in [0.4, 0.5) is 5.69 Å². The van der Waals surface area contributed by atoms with Gasteiger partial charge in [-0.2, -0.15) is 0 Å². The van der Waals surface area contributed by atoms with E-state index < -0.39 is 0 Å². The zero-order valence-electron chi connectivity index (χ0n) is 17.1. The quantitative estimate of drug-likeness (QED) is 0.429. The molecule has 0 radical (unpaired) electrons. The molecule has 2 aromatic rings. The maximum Gasteiger partial charge on any atom is 0.266 e. The van der Waals surface area contributed by atoms with Crippen LogP contribution in [0.15, 0.2) is 52.4 Å². The number of hydrogen-bond acceptors (Lipinski definition) is 6. The van der Waals surface area contributed by atoms with Crippen LogP contribution in [0.2, 0.25) is 5.02 Å². The van der Waals surface area contributed by atoms with E-state index in [2.05, 4.69) is 10.9 Å². The Bertz CT molecular complexity index is 1050. The summed E-state index contributed by atoms with van der Waals surface area (Å²) in [4.78, 5) is 19.8. The monoisotopic (exact) mass is 456 g/mol. The maximum absolute atomic E-state index is 13.1. The largest absolute Gasteiger partial charge is 0.493 e. The first kappa shape index (κ1) is 22.8. The van der Waals surface area contributed by atoms with Gasteiger partial charge < -0.3 is 14.2 Å². The van der Waals surface area contributed by atoms with Crippen molar-refractivity contribution >= 4 is 46.2 Å². The van der Waals surface area contributed by atoms with Crippen LogP contribution in [0.25, 0.3) is 6.08 Å². The molecule has 0 saturated carbocycles. The Kier molecular flexibility index (Phi) is 8.01. The molecule has 31 heavy (non-hydrogen) atoms. The number of carbonyl (C=O) groups excluding carboxylic acids is 1. The normalized spacial score (nSPS) is 16.1. The van der Waals surface area contributed by atoms with Gasteiger partial charge in [-0.1, -0.05) is 35.7 Å². The van der Waals surface area contributed by atoms with E-state index in [1.807, 2.05) is 30.3 Å². The van der Waals surface area contributed by atoms with Crippen LogP contribution < -0.4 is 9.47 Å². The highest BCUT2D eigenvalue weighted by molar-refractivity contribution is 8.18. The summed E-state index contributed by atoms with van der Waals surface area (Å²) in [5, 5.41) is 0.929. The summed E-state index contributed by atoms with van der Waals surface area (Å²) in [6.45, 7) is 0.862. The summed E-state index contributed by atoms with van der Waals surface area (Å²) >= 11 is 7.65. The predicted molar refractivity (Wildman–Crippen MR) is 125 cm³/mol. The second-order valence-corrected chi connectivity index (χ2v) is 7.73. The van der Waals surface area contributed by atoms with Gasteiger partial charge in [-0.05, 0) is 47.7 Å². The molecule has 1 saturated heterocycles. The number of methoxy groups -OCH3 is 2. The second kappa shape index (κ2) is 10.9. The Labute approximate surface area is 190 Å². The van der Waals surface area contributed by atoms with Gasteiger partial charge >= 0.3 is 0 Å². The number of aliphatic imine (C=N–C) groups is 1. The fourth-order valence-corrected chi connectivity index (χ4v) is 4.11. The van der Waals surface area contributed by atoms with Crippen LogP contribution in [0, 0.1) is 12.3 Å². The number of rotatable bonds is 8. The summed E-state index contributed by atoms with van der Waals surface area (Å²) in [6, 6.07) is 12.9. The van der Waals surface area contributed by atoms with Crippen LogP contribution in [-0.4, -0.2) is 50.0 Å². The van der Waals surface area contributed by atoms with Crippen molar-refractivity contribution in [3.8, 4) is 23.8 Å². The number of halogens is 1. The van der Waals surface area contributed by atoms with Gasteiger partial charge in [0, 0.05) is 7.11 Å². The standard InChI is InChI=1S/C23H21ClN2O4S/c1-4-11-30-21-18(24)13-16(14-19(21)29-3)15-20-22(27)26(10-12-28-2)23(31-20)25-17-8-6-5-7-9-17/h1,5-9,13-15H,10-12H2,2-3H3/b20-15+,25-23?. The van der Waals surface area contributed by atoms with Crippen LogP contribution in [0.1, 0.15) is 5.56 Å². The lowest BCUT2D eigenvalue weighted by atomic mass is 10.1. The molecule has 0 spiro atoms. The van der Waals surface area contributed by atoms with Gasteiger partial charge in [-0.15, -0.1) is 6.42 Å². The highest BCUT2D eigenvalue weighted by Crippen LogP contribution is 2.39. The lowest BCUT2D eigenvalue weighted by molar-refractivity contribution is -0.122. The number of ether oxygens (including phenoxy) is 3. The summed E-state index contributed by atoms with van der Waals surface area (Å²) in [7, 11) is 3.11. The molecule has 0 N–H and O–H groups in total. The Morgan fingerprint density at radius 3 is 2.71 bits per heavy atom. The van der Waals surface area contributed by atoms with E-state index in [-0.39, 0.29) is 12.5 Å². The van der Waals surface area contributed by atoms with Crippen LogP contribution in [-0.2, 0) is 9.53 Å². The first-order valence-electron chi connectivity index (χ1n) is 9.35. The Balaban J connectivity index is 1.95. The number of carbonyl (C=O) groups is 1. The molecule has 0 aliphatic carbocycles. The highest BCUT2D eigenvalue weighted by atomic mass is 35.5. The van der Waals surface area contributed by atoms with Gasteiger partial charge in [-0.25, -0.2) is 4.99 Å². The molecule has 1 aliphatic rings. The minimum atomic E-state index is -0.153. The molecule has 160 valence electrons. The molecule has 3 rings (SSSR count). The zero-order valence-corrected chi connectivity index (χ0v) is 18.7. The van der Waals surface area contributed by atoms with Gasteiger partial charge in [0.2, 0.25) is 0 Å². The minimum Gasteiger partial charge on any atom is -0.493 e. The Morgan fingerprint density at radius 2 is 2.03 bits per heavy atom. The van der Waals surface area contributed by atoms with Crippen LogP contribution in [0.5, 0.6) is 11.5 Å². The summed E-state index contributed by atoms with van der Waals surface area (Å²) in [6.07, 6.45) is 7.00. The number of amidine groups is 1. The van der Waals surface area contributed by atoms with Crippen molar-refractivity contribution in [3.05, 3.63) is 58.0 Å². The molecule has 2 aromatic carbocycles. The van der Waals surface area contributed by atoms with Crippen LogP contribution in [0.3, 0.4) is 0 Å². The van der Waals surface area contributed by atoms with Crippen molar-refractivity contribution in [2.75, 3.05) is 34.0 Å². The fourth-order valence-electron chi connectivity index (χ4n) is 2.81. The first-order chi connectivity index (χ1) is 15.1. The van der Waals surface area contributed by atoms with E-state index in [1.54, 1.807) is 30.2 Å². The average Bonchev–Trinajstić information content (AvgIpc) is 3.05. The average molecular weight is 457 g/mol. The molecule has 1 fully saturated rings. The molecule has 0 aromatic heterocycles. The number of nitrogens with zero attached hydrogens (tertiary/aromatic N) is 2. The van der Waals surface area contributed by atoms with Crippen molar-refractivity contribution in [3.63, 3.8) is 0 Å².